The van der Waals surface area contributed by atoms with E-state index in [-0.39, 0.29) is 27.1 Å². The van der Waals surface area contributed by atoms with E-state index in [2.05, 4.69) is 5.32 Å². The lowest BCUT2D eigenvalue weighted by atomic mass is 10.2. The first-order valence-corrected chi connectivity index (χ1v) is 7.86. The Labute approximate surface area is 156 Å². The number of anilines is 2. The van der Waals surface area contributed by atoms with Crippen LogP contribution in [0.25, 0.3) is 0 Å². The van der Waals surface area contributed by atoms with Crippen LogP contribution >= 0.6 is 23.2 Å². The van der Waals surface area contributed by atoms with Crippen LogP contribution < -0.4 is 22.3 Å². The highest BCUT2D eigenvalue weighted by atomic mass is 35.5. The van der Waals surface area contributed by atoms with Crippen LogP contribution in [0.15, 0.2) is 27.8 Å². The first kappa shape index (κ1) is 19.5. The normalized spacial score (nSPS) is 10.5. The zero-order chi connectivity index (χ0) is 19.6. The average Bonchev–Trinajstić information content (AvgIpc) is 2.58. The molecule has 1 aromatic heterocycles. The third-order valence-electron chi connectivity index (χ3n) is 3.44. The monoisotopic (exact) mass is 400 g/mol. The summed E-state index contributed by atoms with van der Waals surface area (Å²) in [6.07, 6.45) is 0. The highest BCUT2D eigenvalue weighted by Gasteiger charge is 2.17. The van der Waals surface area contributed by atoms with Gasteiger partial charge in [0.05, 0.1) is 16.3 Å². The minimum atomic E-state index is -0.903. The maximum absolute atomic E-state index is 12.0. The van der Waals surface area contributed by atoms with Crippen LogP contribution in [0.3, 0.4) is 0 Å². The van der Waals surface area contributed by atoms with Crippen molar-refractivity contribution in [2.75, 3.05) is 17.7 Å². The summed E-state index contributed by atoms with van der Waals surface area (Å²) in [7, 11) is 2.68. The molecule has 0 bridgehead atoms. The number of benzene rings is 1. The van der Waals surface area contributed by atoms with Crippen LogP contribution in [0.5, 0.6) is 0 Å². The summed E-state index contributed by atoms with van der Waals surface area (Å²) >= 11 is 11.6. The molecule has 0 radical (unpaired) electrons. The maximum Gasteiger partial charge on any atom is 0.340 e. The minimum Gasteiger partial charge on any atom is -0.452 e. The molecule has 3 N–H and O–H groups in total. The SMILES string of the molecule is Cn1c(NC(=O)COC(=O)c2cc(Cl)cc(Cl)c2N)cc(=O)n(C)c1=O. The van der Waals surface area contributed by atoms with E-state index in [9.17, 15) is 19.2 Å². The number of nitrogens with zero attached hydrogens (tertiary/aromatic N) is 2. The Bertz CT molecular complexity index is 1010. The number of hydrogen-bond acceptors (Lipinski definition) is 6. The number of esters is 1. The summed E-state index contributed by atoms with van der Waals surface area (Å²) in [4.78, 5) is 47.4. The molecule has 0 spiro atoms. The summed E-state index contributed by atoms with van der Waals surface area (Å²) in [6, 6.07) is 3.68. The molecule has 1 heterocycles. The first-order valence-electron chi connectivity index (χ1n) is 7.10. The van der Waals surface area contributed by atoms with Crippen molar-refractivity contribution in [2.45, 2.75) is 0 Å². The lowest BCUT2D eigenvalue weighted by Crippen LogP contribution is -2.38. The fourth-order valence-electron chi connectivity index (χ4n) is 1.99. The van der Waals surface area contributed by atoms with Crippen molar-refractivity contribution in [3.63, 3.8) is 0 Å². The molecular formula is C15H14Cl2N4O5. The van der Waals surface area contributed by atoms with Gasteiger partial charge in [0.1, 0.15) is 5.82 Å². The Morgan fingerprint density at radius 2 is 1.81 bits per heavy atom. The molecule has 138 valence electrons. The molecule has 0 atom stereocenters. The average molecular weight is 401 g/mol. The number of aromatic nitrogens is 2. The molecule has 0 saturated carbocycles. The predicted molar refractivity (Wildman–Crippen MR) is 96.7 cm³/mol. The second-order valence-corrected chi connectivity index (χ2v) is 6.09. The van der Waals surface area contributed by atoms with E-state index in [1.54, 1.807) is 0 Å². The molecule has 0 saturated heterocycles. The highest BCUT2D eigenvalue weighted by Crippen LogP contribution is 2.28. The van der Waals surface area contributed by atoms with Crippen molar-refractivity contribution in [3.05, 3.63) is 54.6 Å². The van der Waals surface area contributed by atoms with Crippen molar-refractivity contribution in [1.29, 1.82) is 0 Å². The molecule has 0 unspecified atom stereocenters. The highest BCUT2D eigenvalue weighted by molar-refractivity contribution is 6.37. The maximum atomic E-state index is 12.0. The van der Waals surface area contributed by atoms with E-state index < -0.39 is 29.7 Å². The van der Waals surface area contributed by atoms with Gasteiger partial charge < -0.3 is 15.8 Å². The number of nitrogens with one attached hydrogen (secondary N) is 1. The number of carbonyl (C=O) groups is 2. The first-order chi connectivity index (χ1) is 12.1. The third-order valence-corrected chi connectivity index (χ3v) is 3.97. The summed E-state index contributed by atoms with van der Waals surface area (Å²) in [5, 5.41) is 2.56. The van der Waals surface area contributed by atoms with Gasteiger partial charge in [-0.1, -0.05) is 23.2 Å². The summed E-state index contributed by atoms with van der Waals surface area (Å²) < 4.78 is 6.80. The van der Waals surface area contributed by atoms with E-state index in [0.717, 1.165) is 15.2 Å². The molecule has 0 fully saturated rings. The molecule has 0 aliphatic rings. The summed E-state index contributed by atoms with van der Waals surface area (Å²) in [5.74, 6) is -1.70. The molecule has 0 aliphatic carbocycles. The van der Waals surface area contributed by atoms with Gasteiger partial charge in [0.15, 0.2) is 6.61 Å². The van der Waals surface area contributed by atoms with Gasteiger partial charge in [0, 0.05) is 25.2 Å². The van der Waals surface area contributed by atoms with Gasteiger partial charge in [-0.25, -0.2) is 9.59 Å². The zero-order valence-electron chi connectivity index (χ0n) is 13.7. The van der Waals surface area contributed by atoms with Crippen molar-refractivity contribution >= 4 is 46.6 Å². The van der Waals surface area contributed by atoms with Crippen LogP contribution in [-0.4, -0.2) is 27.6 Å². The standard InChI is InChI=1S/C15H14Cl2N4O5/c1-20-10(5-12(23)21(2)15(20)25)19-11(22)6-26-14(24)8-3-7(16)4-9(17)13(8)18/h3-5H,6,18H2,1-2H3,(H,19,22). The van der Waals surface area contributed by atoms with E-state index >= 15 is 0 Å². The molecule has 1 aromatic carbocycles. The van der Waals surface area contributed by atoms with E-state index in [1.165, 1.54) is 26.2 Å². The van der Waals surface area contributed by atoms with Gasteiger partial charge in [-0.15, -0.1) is 0 Å². The number of halogens is 2. The van der Waals surface area contributed by atoms with Crippen LogP contribution in [-0.2, 0) is 23.6 Å². The largest absolute Gasteiger partial charge is 0.452 e. The van der Waals surface area contributed by atoms with Gasteiger partial charge in [0.25, 0.3) is 11.5 Å². The zero-order valence-corrected chi connectivity index (χ0v) is 15.2. The molecule has 9 nitrogen and oxygen atoms in total. The number of carbonyl (C=O) groups excluding carboxylic acids is 2. The van der Waals surface area contributed by atoms with Gasteiger partial charge in [-0.05, 0) is 12.1 Å². The number of nitrogens with two attached hydrogens (primary N) is 1. The Morgan fingerprint density at radius 3 is 2.46 bits per heavy atom. The van der Waals surface area contributed by atoms with Crippen molar-refractivity contribution in [2.24, 2.45) is 14.1 Å². The van der Waals surface area contributed by atoms with Crippen LogP contribution in [0.1, 0.15) is 10.4 Å². The van der Waals surface area contributed by atoms with Gasteiger partial charge >= 0.3 is 11.7 Å². The van der Waals surface area contributed by atoms with E-state index in [0.29, 0.717) is 0 Å². The molecule has 26 heavy (non-hydrogen) atoms. The number of amides is 1. The fourth-order valence-corrected chi connectivity index (χ4v) is 2.49. The smallest absolute Gasteiger partial charge is 0.340 e. The molecule has 0 aliphatic heterocycles. The lowest BCUT2D eigenvalue weighted by Gasteiger charge is -2.11. The van der Waals surface area contributed by atoms with Gasteiger partial charge in [-0.2, -0.15) is 0 Å². The Hall–Kier alpha value is -2.78. The Kier molecular flexibility index (Phi) is 5.73. The molecule has 2 rings (SSSR count). The Morgan fingerprint density at radius 1 is 1.15 bits per heavy atom. The van der Waals surface area contributed by atoms with Crippen molar-refractivity contribution in [1.82, 2.24) is 9.13 Å². The minimum absolute atomic E-state index is 0.0320. The van der Waals surface area contributed by atoms with Crippen molar-refractivity contribution in [3.8, 4) is 0 Å². The topological polar surface area (TPSA) is 125 Å². The van der Waals surface area contributed by atoms with Gasteiger partial charge in [-0.3, -0.25) is 18.7 Å². The molecule has 11 heteroatoms. The second kappa shape index (κ2) is 7.63. The molecule has 2 aromatic rings. The van der Waals surface area contributed by atoms with Crippen LogP contribution in [0, 0.1) is 0 Å². The number of hydrogen-bond donors (Lipinski definition) is 2. The lowest BCUT2D eigenvalue weighted by molar-refractivity contribution is -0.119. The Balaban J connectivity index is 2.10. The van der Waals surface area contributed by atoms with E-state index in [4.69, 9.17) is 33.7 Å². The molecule has 1 amide bonds. The second-order valence-electron chi connectivity index (χ2n) is 5.24. The van der Waals surface area contributed by atoms with Gasteiger partial charge in [0.2, 0.25) is 0 Å². The quantitative estimate of drug-likeness (QED) is 0.576. The van der Waals surface area contributed by atoms with E-state index in [1.807, 2.05) is 0 Å². The van der Waals surface area contributed by atoms with Crippen LogP contribution in [0.4, 0.5) is 11.5 Å². The summed E-state index contributed by atoms with van der Waals surface area (Å²) in [6.45, 7) is -0.675. The predicted octanol–water partition coefficient (Wildman–Crippen LogP) is 0.769. The fraction of sp³-hybridized carbons (Fsp3) is 0.200. The van der Waals surface area contributed by atoms with Crippen molar-refractivity contribution < 1.29 is 14.3 Å². The number of nitrogen functional groups attached to an aromatic ring is 1. The van der Waals surface area contributed by atoms with Crippen LogP contribution in [0.2, 0.25) is 10.0 Å². The molecular weight excluding hydrogens is 387 g/mol. The number of ether oxygens (including phenoxy) is 1. The summed E-state index contributed by atoms with van der Waals surface area (Å²) in [5.41, 5.74) is 4.35. The number of rotatable bonds is 4. The third kappa shape index (κ3) is 4.06.